The summed E-state index contributed by atoms with van der Waals surface area (Å²) in [4.78, 5) is 8.75. The summed E-state index contributed by atoms with van der Waals surface area (Å²) < 4.78 is 10.4. The van der Waals surface area contributed by atoms with Gasteiger partial charge in [-0.2, -0.15) is 15.1 Å². The van der Waals surface area contributed by atoms with Crippen LogP contribution in [0.5, 0.6) is 11.8 Å². The van der Waals surface area contributed by atoms with Gasteiger partial charge in [0.1, 0.15) is 0 Å². The minimum Gasteiger partial charge on any atom is -0.481 e. The molecule has 146 valence electrons. The molecule has 6 nitrogen and oxygen atoms in total. The van der Waals surface area contributed by atoms with Crippen LogP contribution >= 0.6 is 35.0 Å². The summed E-state index contributed by atoms with van der Waals surface area (Å²) in [5.41, 5.74) is 3.57. The minimum absolute atomic E-state index is 0.0172. The highest BCUT2D eigenvalue weighted by Gasteiger charge is 2.26. The Labute approximate surface area is 173 Å². The van der Waals surface area contributed by atoms with E-state index < -0.39 is 0 Å². The largest absolute Gasteiger partial charge is 0.481 e. The zero-order valence-corrected chi connectivity index (χ0v) is 18.1. The van der Waals surface area contributed by atoms with Crippen LogP contribution in [0.25, 0.3) is 0 Å². The van der Waals surface area contributed by atoms with E-state index in [0.717, 1.165) is 0 Å². The van der Waals surface area contributed by atoms with Crippen LogP contribution in [0.2, 0.25) is 10.0 Å². The molecule has 0 spiro atoms. The molecule has 2 aromatic rings. The summed E-state index contributed by atoms with van der Waals surface area (Å²) in [7, 11) is 3.11. The van der Waals surface area contributed by atoms with E-state index in [0.29, 0.717) is 32.6 Å². The van der Waals surface area contributed by atoms with E-state index in [4.69, 9.17) is 32.7 Å². The number of thioether (sulfide) groups is 1. The predicted octanol–water partition coefficient (Wildman–Crippen LogP) is 5.41. The molecule has 27 heavy (non-hydrogen) atoms. The number of halogens is 2. The Morgan fingerprint density at radius 2 is 1.59 bits per heavy atom. The molecule has 0 bridgehead atoms. The van der Waals surface area contributed by atoms with Crippen LogP contribution in [0.4, 0.5) is 5.69 Å². The number of methoxy groups -OCH3 is 2. The topological polar surface area (TPSA) is 68.6 Å². The number of ether oxygens (including phenoxy) is 2. The first-order chi connectivity index (χ1) is 12.7. The number of hydrogen-bond acceptors (Lipinski definition) is 7. The summed E-state index contributed by atoms with van der Waals surface area (Å²) in [5, 5.41) is 5.95. The van der Waals surface area contributed by atoms with Crippen LogP contribution in [0.15, 0.2) is 34.5 Å². The number of anilines is 1. The van der Waals surface area contributed by atoms with Crippen molar-refractivity contribution in [2.24, 2.45) is 10.5 Å². The van der Waals surface area contributed by atoms with Gasteiger partial charge in [0.25, 0.3) is 0 Å². The Bertz CT molecular complexity index is 770. The predicted molar refractivity (Wildman–Crippen MR) is 113 cm³/mol. The maximum absolute atomic E-state index is 6.01. The number of benzene rings is 1. The first-order valence-corrected chi connectivity index (χ1v) is 9.74. The maximum Gasteiger partial charge on any atom is 0.220 e. The Hall–Kier alpha value is -1.70. The molecule has 1 atom stereocenters. The standard InChI is InChI=1S/C18H22Cl2N4O2S/c1-18(2,3)14(10-21-24-13-7-11(19)6-12(20)8-13)27-17-22-15(25-4)9-16(23-17)26-5/h6-10,14,24H,1-5H3/b21-10+. The van der Waals surface area contributed by atoms with Gasteiger partial charge in [-0.3, -0.25) is 5.43 Å². The molecule has 2 rings (SSSR count). The molecule has 0 radical (unpaired) electrons. The molecule has 1 aromatic carbocycles. The third-order valence-electron chi connectivity index (χ3n) is 3.43. The number of hydrazone groups is 1. The van der Waals surface area contributed by atoms with Crippen molar-refractivity contribution in [3.05, 3.63) is 34.3 Å². The van der Waals surface area contributed by atoms with Gasteiger partial charge in [0, 0.05) is 16.3 Å². The fourth-order valence-electron chi connectivity index (χ4n) is 1.99. The lowest BCUT2D eigenvalue weighted by Gasteiger charge is -2.26. The molecule has 0 fully saturated rings. The number of aromatic nitrogens is 2. The second-order valence-corrected chi connectivity index (χ2v) is 8.67. The maximum atomic E-state index is 6.01. The highest BCUT2D eigenvalue weighted by atomic mass is 35.5. The second kappa shape index (κ2) is 9.48. The van der Waals surface area contributed by atoms with Crippen molar-refractivity contribution in [2.75, 3.05) is 19.6 Å². The average Bonchev–Trinajstić information content (AvgIpc) is 2.58. The SMILES string of the molecule is COc1cc(OC)nc(SC(/C=N/Nc2cc(Cl)cc(Cl)c2)C(C)(C)C)n1. The number of rotatable bonds is 7. The van der Waals surface area contributed by atoms with Gasteiger partial charge >= 0.3 is 0 Å². The van der Waals surface area contributed by atoms with Crippen molar-refractivity contribution < 1.29 is 9.47 Å². The molecule has 0 aliphatic rings. The van der Waals surface area contributed by atoms with Gasteiger partial charge in [0.15, 0.2) is 5.16 Å². The zero-order valence-electron chi connectivity index (χ0n) is 15.8. The number of nitrogens with one attached hydrogen (secondary N) is 1. The molecule has 0 saturated carbocycles. The van der Waals surface area contributed by atoms with Gasteiger partial charge < -0.3 is 9.47 Å². The van der Waals surface area contributed by atoms with Gasteiger partial charge in [-0.25, -0.2) is 0 Å². The highest BCUT2D eigenvalue weighted by Crippen LogP contribution is 2.34. The molecule has 0 amide bonds. The van der Waals surface area contributed by atoms with Crippen molar-refractivity contribution in [3.8, 4) is 11.8 Å². The summed E-state index contributed by atoms with van der Waals surface area (Å²) in [6, 6.07) is 6.80. The first kappa shape index (κ1) is 21.6. The van der Waals surface area contributed by atoms with Gasteiger partial charge in [0.05, 0.1) is 31.2 Å². The van der Waals surface area contributed by atoms with E-state index in [2.05, 4.69) is 41.3 Å². The van der Waals surface area contributed by atoms with E-state index in [1.54, 1.807) is 38.5 Å². The van der Waals surface area contributed by atoms with Crippen LogP contribution in [0.1, 0.15) is 20.8 Å². The molecule has 1 N–H and O–H groups in total. The quantitative estimate of drug-likeness (QED) is 0.275. The van der Waals surface area contributed by atoms with E-state index in [1.165, 1.54) is 11.8 Å². The third kappa shape index (κ3) is 6.75. The normalized spacial score (nSPS) is 12.9. The van der Waals surface area contributed by atoms with E-state index in [1.807, 2.05) is 6.21 Å². The van der Waals surface area contributed by atoms with Crippen LogP contribution in [0, 0.1) is 5.41 Å². The zero-order chi connectivity index (χ0) is 20.0. The molecular formula is C18H22Cl2N4O2S. The van der Waals surface area contributed by atoms with Gasteiger partial charge in [0.2, 0.25) is 11.8 Å². The van der Waals surface area contributed by atoms with Gasteiger partial charge in [-0.15, -0.1) is 0 Å². The van der Waals surface area contributed by atoms with Crippen LogP contribution < -0.4 is 14.9 Å². The van der Waals surface area contributed by atoms with Crippen molar-refractivity contribution in [1.29, 1.82) is 0 Å². The van der Waals surface area contributed by atoms with E-state index in [-0.39, 0.29) is 10.7 Å². The van der Waals surface area contributed by atoms with Crippen molar-refractivity contribution >= 4 is 46.9 Å². The van der Waals surface area contributed by atoms with Crippen molar-refractivity contribution in [3.63, 3.8) is 0 Å². The smallest absolute Gasteiger partial charge is 0.220 e. The summed E-state index contributed by atoms with van der Waals surface area (Å²) in [5.74, 6) is 0.890. The molecule has 1 heterocycles. The summed E-state index contributed by atoms with van der Waals surface area (Å²) in [6.07, 6.45) is 1.81. The number of nitrogens with zero attached hydrogens (tertiary/aromatic N) is 3. The molecule has 0 aliphatic carbocycles. The monoisotopic (exact) mass is 428 g/mol. The molecule has 9 heteroatoms. The Balaban J connectivity index is 2.18. The Morgan fingerprint density at radius 3 is 2.07 bits per heavy atom. The third-order valence-corrected chi connectivity index (χ3v) is 5.34. The minimum atomic E-state index is -0.0957. The summed E-state index contributed by atoms with van der Waals surface area (Å²) >= 11 is 13.5. The van der Waals surface area contributed by atoms with E-state index in [9.17, 15) is 0 Å². The fraction of sp³-hybridized carbons (Fsp3) is 0.389. The lowest BCUT2D eigenvalue weighted by atomic mass is 9.92. The molecule has 1 aromatic heterocycles. The molecule has 0 saturated heterocycles. The van der Waals surface area contributed by atoms with Gasteiger partial charge in [-0.1, -0.05) is 55.7 Å². The van der Waals surface area contributed by atoms with Gasteiger partial charge in [-0.05, 0) is 23.6 Å². The molecule has 0 aliphatic heterocycles. The molecular weight excluding hydrogens is 407 g/mol. The van der Waals surface area contributed by atoms with Crippen LogP contribution in [-0.2, 0) is 0 Å². The highest BCUT2D eigenvalue weighted by molar-refractivity contribution is 8.00. The van der Waals surface area contributed by atoms with Crippen molar-refractivity contribution in [1.82, 2.24) is 9.97 Å². The summed E-state index contributed by atoms with van der Waals surface area (Å²) in [6.45, 7) is 6.35. The second-order valence-electron chi connectivity index (χ2n) is 6.69. The Morgan fingerprint density at radius 1 is 1.04 bits per heavy atom. The van der Waals surface area contributed by atoms with Crippen LogP contribution in [-0.4, -0.2) is 35.7 Å². The fourth-order valence-corrected chi connectivity index (χ4v) is 3.50. The number of hydrogen-bond donors (Lipinski definition) is 1. The van der Waals surface area contributed by atoms with Crippen LogP contribution in [0.3, 0.4) is 0 Å². The van der Waals surface area contributed by atoms with Crippen molar-refractivity contribution in [2.45, 2.75) is 31.2 Å². The lowest BCUT2D eigenvalue weighted by molar-refractivity contribution is 0.364. The average molecular weight is 429 g/mol. The van der Waals surface area contributed by atoms with E-state index >= 15 is 0 Å². The lowest BCUT2D eigenvalue weighted by Crippen LogP contribution is -2.25. The Kier molecular flexibility index (Phi) is 7.59. The first-order valence-electron chi connectivity index (χ1n) is 8.10. The molecule has 1 unspecified atom stereocenters.